The zero-order valence-electron chi connectivity index (χ0n) is 21.0. The van der Waals surface area contributed by atoms with Gasteiger partial charge >= 0.3 is 23.9 Å². The maximum atomic E-state index is 12.0. The van der Waals surface area contributed by atoms with E-state index < -0.39 is 23.9 Å². The summed E-state index contributed by atoms with van der Waals surface area (Å²) >= 11 is 0. The van der Waals surface area contributed by atoms with Gasteiger partial charge < -0.3 is 30.6 Å². The van der Waals surface area contributed by atoms with Crippen LogP contribution in [0, 0.1) is 0 Å². The molecule has 0 aliphatic carbocycles. The average molecular weight is 525 g/mol. The van der Waals surface area contributed by atoms with E-state index in [1.807, 2.05) is 12.1 Å². The molecule has 0 radical (unpaired) electrons. The Morgan fingerprint density at radius 3 is 1.46 bits per heavy atom. The Balaban J connectivity index is 2.33. The lowest BCUT2D eigenvalue weighted by atomic mass is 10.1. The van der Waals surface area contributed by atoms with Gasteiger partial charge in [0.2, 0.25) is 0 Å². The number of carboxylic acids is 4. The first-order valence-corrected chi connectivity index (χ1v) is 12.2. The number of aliphatic carboxylic acids is 4. The van der Waals surface area contributed by atoms with Crippen LogP contribution in [0.1, 0.15) is 5.56 Å². The van der Waals surface area contributed by atoms with Gasteiger partial charge in [0.1, 0.15) is 0 Å². The molecule has 0 saturated carbocycles. The maximum absolute atomic E-state index is 12.0. The second-order valence-corrected chi connectivity index (χ2v) is 9.57. The molecule has 1 fully saturated rings. The van der Waals surface area contributed by atoms with E-state index in [1.165, 1.54) is 0 Å². The summed E-state index contributed by atoms with van der Waals surface area (Å²) in [6.45, 7) is 1.91. The fourth-order valence-electron chi connectivity index (χ4n) is 4.57. The van der Waals surface area contributed by atoms with Crippen molar-refractivity contribution in [2.45, 2.75) is 6.42 Å². The van der Waals surface area contributed by atoms with Crippen molar-refractivity contribution in [1.82, 2.24) is 14.7 Å². The van der Waals surface area contributed by atoms with E-state index in [2.05, 4.69) is 0 Å². The van der Waals surface area contributed by atoms with Crippen LogP contribution in [0.25, 0.3) is 0 Å². The van der Waals surface area contributed by atoms with Crippen LogP contribution in [0.15, 0.2) is 24.3 Å². The lowest BCUT2D eigenvalue weighted by Crippen LogP contribution is -2.59. The number of benzene rings is 1. The highest BCUT2D eigenvalue weighted by Gasteiger charge is 2.33. The number of hydrogen-bond acceptors (Lipinski definition) is 8. The first kappa shape index (κ1) is 30.0. The van der Waals surface area contributed by atoms with Crippen LogP contribution < -0.4 is 5.73 Å². The van der Waals surface area contributed by atoms with E-state index in [0.29, 0.717) is 44.8 Å². The van der Waals surface area contributed by atoms with E-state index in [9.17, 15) is 39.6 Å². The highest BCUT2D eigenvalue weighted by molar-refractivity contribution is 5.70. The Labute approximate surface area is 215 Å². The third-order valence-electron chi connectivity index (χ3n) is 6.65. The average Bonchev–Trinajstić information content (AvgIpc) is 2.79. The largest absolute Gasteiger partial charge is 0.480 e. The molecule has 0 atom stereocenters. The molecule has 1 aromatic carbocycles. The van der Waals surface area contributed by atoms with Crippen molar-refractivity contribution < 1.29 is 44.1 Å². The minimum absolute atomic E-state index is 0.144. The number of nitrogens with zero attached hydrogens (tertiary/aromatic N) is 4. The standard InChI is InChI=1S/C24H37N5O8/c25-20-3-1-19(2-4-20)5-12-29(18-24(36)37)13-10-27(16-22(32)33)8-6-26(15-21(30)31)7-9-28(11-14-29)17-23(34)35/h1-4H,5-18,25H2,(H3-,30,31,32,33,34,35,36,37)/p+1. The van der Waals surface area contributed by atoms with Crippen LogP contribution in [0.3, 0.4) is 0 Å². The Kier molecular flexibility index (Phi) is 11.7. The molecule has 13 heteroatoms. The lowest BCUT2D eigenvalue weighted by molar-refractivity contribution is -0.920. The van der Waals surface area contributed by atoms with Crippen LogP contribution in [-0.2, 0) is 25.6 Å². The topological polar surface area (TPSA) is 185 Å². The molecule has 0 amide bonds. The molecule has 0 unspecified atom stereocenters. The van der Waals surface area contributed by atoms with Crippen LogP contribution in [-0.4, -0.2) is 149 Å². The third-order valence-corrected chi connectivity index (χ3v) is 6.65. The van der Waals surface area contributed by atoms with E-state index in [0.717, 1.165) is 5.56 Å². The number of nitrogen functional groups attached to an aromatic ring is 1. The number of nitrogens with two attached hydrogens (primary N) is 1. The maximum Gasteiger partial charge on any atom is 0.359 e. The molecule has 1 heterocycles. The first-order chi connectivity index (χ1) is 17.5. The molecular formula is C24H38N5O8+. The molecular weight excluding hydrogens is 486 g/mol. The molecule has 2 rings (SSSR count). The molecule has 0 aromatic heterocycles. The van der Waals surface area contributed by atoms with Crippen LogP contribution in [0.4, 0.5) is 5.69 Å². The summed E-state index contributed by atoms with van der Waals surface area (Å²) in [5.74, 6) is -4.07. The summed E-state index contributed by atoms with van der Waals surface area (Å²) in [5, 5.41) is 37.9. The molecule has 1 aliphatic heterocycles. The summed E-state index contributed by atoms with van der Waals surface area (Å²) in [4.78, 5) is 51.4. The van der Waals surface area contributed by atoms with Crippen LogP contribution >= 0.6 is 0 Å². The van der Waals surface area contributed by atoms with E-state index >= 15 is 0 Å². The Morgan fingerprint density at radius 2 is 1.08 bits per heavy atom. The molecule has 6 N–H and O–H groups in total. The minimum atomic E-state index is -1.03. The van der Waals surface area contributed by atoms with Crippen molar-refractivity contribution in [3.8, 4) is 0 Å². The second-order valence-electron chi connectivity index (χ2n) is 9.57. The zero-order chi connectivity index (χ0) is 27.4. The summed E-state index contributed by atoms with van der Waals surface area (Å²) in [5.41, 5.74) is 7.38. The van der Waals surface area contributed by atoms with Gasteiger partial charge in [-0.1, -0.05) is 12.1 Å². The fourth-order valence-corrected chi connectivity index (χ4v) is 4.57. The van der Waals surface area contributed by atoms with E-state index in [4.69, 9.17) is 5.73 Å². The Bertz CT molecular complexity index is 894. The van der Waals surface area contributed by atoms with Gasteiger partial charge in [-0.05, 0) is 17.7 Å². The van der Waals surface area contributed by atoms with Gasteiger partial charge in [-0.25, -0.2) is 4.79 Å². The molecule has 1 saturated heterocycles. The fraction of sp³-hybridized carbons (Fsp3) is 0.583. The molecule has 206 valence electrons. The second kappa shape index (κ2) is 14.5. The van der Waals surface area contributed by atoms with Gasteiger partial charge in [0.25, 0.3) is 0 Å². The highest BCUT2D eigenvalue weighted by Crippen LogP contribution is 2.14. The first-order valence-electron chi connectivity index (χ1n) is 12.2. The quantitative estimate of drug-likeness (QED) is 0.174. The van der Waals surface area contributed by atoms with Crippen molar-refractivity contribution in [1.29, 1.82) is 0 Å². The van der Waals surface area contributed by atoms with Gasteiger partial charge in [-0.2, -0.15) is 0 Å². The van der Waals surface area contributed by atoms with Gasteiger partial charge in [0, 0.05) is 51.4 Å². The van der Waals surface area contributed by atoms with E-state index in [1.54, 1.807) is 26.8 Å². The predicted octanol–water partition coefficient (Wildman–Crippen LogP) is -1.11. The number of anilines is 1. The van der Waals surface area contributed by atoms with Gasteiger partial charge in [-0.15, -0.1) is 0 Å². The number of carbonyl (C=O) groups is 4. The summed E-state index contributed by atoms with van der Waals surface area (Å²) < 4.78 is 0.144. The lowest BCUT2D eigenvalue weighted by Gasteiger charge is -2.41. The minimum Gasteiger partial charge on any atom is -0.480 e. The smallest absolute Gasteiger partial charge is 0.359 e. The predicted molar refractivity (Wildman–Crippen MR) is 134 cm³/mol. The number of rotatable bonds is 11. The van der Waals surface area contributed by atoms with Crippen molar-refractivity contribution >= 4 is 29.6 Å². The van der Waals surface area contributed by atoms with Gasteiger partial charge in [0.15, 0.2) is 6.54 Å². The number of quaternary nitrogens is 1. The Hall–Kier alpha value is -3.26. The monoisotopic (exact) mass is 524 g/mol. The third kappa shape index (κ3) is 11.6. The van der Waals surface area contributed by atoms with Crippen molar-refractivity contribution in [2.24, 2.45) is 0 Å². The highest BCUT2D eigenvalue weighted by atomic mass is 16.4. The molecule has 1 aromatic rings. The summed E-state index contributed by atoms with van der Waals surface area (Å²) in [6.07, 6.45) is 0.567. The molecule has 0 bridgehead atoms. The molecule has 0 spiro atoms. The Morgan fingerprint density at radius 1 is 0.676 bits per heavy atom. The van der Waals surface area contributed by atoms with Crippen molar-refractivity contribution in [2.75, 3.05) is 90.8 Å². The molecule has 1 aliphatic rings. The normalized spacial score (nSPS) is 18.4. The van der Waals surface area contributed by atoms with Crippen LogP contribution in [0.2, 0.25) is 0 Å². The van der Waals surface area contributed by atoms with Crippen molar-refractivity contribution in [3.05, 3.63) is 29.8 Å². The zero-order valence-corrected chi connectivity index (χ0v) is 21.0. The summed E-state index contributed by atoms with van der Waals surface area (Å²) in [6, 6.07) is 7.32. The van der Waals surface area contributed by atoms with Gasteiger partial charge in [-0.3, -0.25) is 29.1 Å². The number of carboxylic acid groups (broad SMARTS) is 4. The summed E-state index contributed by atoms with van der Waals surface area (Å²) in [7, 11) is 0. The molecule has 37 heavy (non-hydrogen) atoms. The van der Waals surface area contributed by atoms with Crippen molar-refractivity contribution in [3.63, 3.8) is 0 Å². The van der Waals surface area contributed by atoms with Crippen LogP contribution in [0.5, 0.6) is 0 Å². The number of hydrogen-bond donors (Lipinski definition) is 5. The van der Waals surface area contributed by atoms with Gasteiger partial charge in [0.05, 0.1) is 39.3 Å². The SMILES string of the molecule is Nc1ccc(CC[N+]2(CC(=O)O)CCN(CC(=O)O)CCN(CC(=O)O)CCN(CC(=O)O)CC2)cc1. The van der Waals surface area contributed by atoms with E-state index in [-0.39, 0.29) is 56.8 Å². The molecule has 13 nitrogen and oxygen atoms in total.